The van der Waals surface area contributed by atoms with Crippen LogP contribution in [0.3, 0.4) is 0 Å². The SMILES string of the molecule is Cc1ccc(C(C)C)c(Cl)c1CCN1CCOCC1. The van der Waals surface area contributed by atoms with Crippen LogP contribution >= 0.6 is 11.6 Å². The second kappa shape index (κ2) is 6.74. The van der Waals surface area contributed by atoms with Gasteiger partial charge in [0.2, 0.25) is 0 Å². The summed E-state index contributed by atoms with van der Waals surface area (Å²) < 4.78 is 5.38. The Morgan fingerprint density at radius 2 is 1.95 bits per heavy atom. The van der Waals surface area contributed by atoms with Gasteiger partial charge >= 0.3 is 0 Å². The molecule has 0 amide bonds. The summed E-state index contributed by atoms with van der Waals surface area (Å²) in [5, 5.41) is 0.975. The summed E-state index contributed by atoms with van der Waals surface area (Å²) in [6.07, 6.45) is 1.03. The van der Waals surface area contributed by atoms with Crippen molar-refractivity contribution in [1.82, 2.24) is 4.90 Å². The van der Waals surface area contributed by atoms with Gasteiger partial charge in [-0.3, -0.25) is 4.90 Å². The molecule has 0 radical (unpaired) electrons. The Morgan fingerprint density at radius 3 is 2.58 bits per heavy atom. The maximum Gasteiger partial charge on any atom is 0.0594 e. The van der Waals surface area contributed by atoms with Gasteiger partial charge in [0.25, 0.3) is 0 Å². The molecular weight excluding hydrogens is 258 g/mol. The van der Waals surface area contributed by atoms with Gasteiger partial charge in [0.1, 0.15) is 0 Å². The summed E-state index contributed by atoms with van der Waals surface area (Å²) >= 11 is 6.58. The average molecular weight is 282 g/mol. The molecule has 1 aliphatic heterocycles. The fourth-order valence-electron chi connectivity index (χ4n) is 2.58. The number of aryl methyl sites for hydroxylation is 1. The molecule has 1 fully saturated rings. The van der Waals surface area contributed by atoms with Crippen molar-refractivity contribution < 1.29 is 4.74 Å². The first-order valence-corrected chi connectivity index (χ1v) is 7.55. The van der Waals surface area contributed by atoms with E-state index in [-0.39, 0.29) is 0 Å². The van der Waals surface area contributed by atoms with E-state index in [4.69, 9.17) is 16.3 Å². The van der Waals surface area contributed by atoms with E-state index in [9.17, 15) is 0 Å². The van der Waals surface area contributed by atoms with Gasteiger partial charge in [0.15, 0.2) is 0 Å². The second-order valence-corrected chi connectivity index (χ2v) is 6.00. The molecule has 106 valence electrons. The van der Waals surface area contributed by atoms with E-state index in [0.29, 0.717) is 5.92 Å². The Labute approximate surface area is 121 Å². The van der Waals surface area contributed by atoms with Crippen LogP contribution in [0.4, 0.5) is 0 Å². The topological polar surface area (TPSA) is 12.5 Å². The van der Waals surface area contributed by atoms with E-state index in [1.54, 1.807) is 0 Å². The van der Waals surface area contributed by atoms with Crippen molar-refractivity contribution in [3.8, 4) is 0 Å². The minimum absolute atomic E-state index is 0.482. The third-order valence-corrected chi connectivity index (χ3v) is 4.36. The third-order valence-electron chi connectivity index (χ3n) is 3.91. The van der Waals surface area contributed by atoms with Crippen LogP contribution in [0.5, 0.6) is 0 Å². The summed E-state index contributed by atoms with van der Waals surface area (Å²) in [7, 11) is 0. The van der Waals surface area contributed by atoms with E-state index in [0.717, 1.165) is 44.3 Å². The summed E-state index contributed by atoms with van der Waals surface area (Å²) in [6, 6.07) is 4.37. The van der Waals surface area contributed by atoms with Crippen LogP contribution in [-0.4, -0.2) is 37.7 Å². The van der Waals surface area contributed by atoms with Crippen LogP contribution in [0.1, 0.15) is 36.5 Å². The van der Waals surface area contributed by atoms with Gasteiger partial charge in [0.05, 0.1) is 13.2 Å². The molecule has 2 rings (SSSR count). The lowest BCUT2D eigenvalue weighted by Crippen LogP contribution is -2.37. The van der Waals surface area contributed by atoms with Crippen LogP contribution < -0.4 is 0 Å². The van der Waals surface area contributed by atoms with Gasteiger partial charge in [-0.05, 0) is 36.0 Å². The molecule has 0 bridgehead atoms. The molecule has 0 spiro atoms. The highest BCUT2D eigenvalue weighted by Crippen LogP contribution is 2.30. The number of hydrogen-bond donors (Lipinski definition) is 0. The van der Waals surface area contributed by atoms with Crippen LogP contribution in [0, 0.1) is 6.92 Å². The molecule has 19 heavy (non-hydrogen) atoms. The van der Waals surface area contributed by atoms with Crippen molar-refractivity contribution in [3.05, 3.63) is 33.8 Å². The van der Waals surface area contributed by atoms with Crippen molar-refractivity contribution in [2.75, 3.05) is 32.8 Å². The first-order valence-electron chi connectivity index (χ1n) is 7.17. The van der Waals surface area contributed by atoms with Crippen molar-refractivity contribution in [2.45, 2.75) is 33.1 Å². The second-order valence-electron chi connectivity index (χ2n) is 5.62. The Balaban J connectivity index is 2.08. The normalized spacial score (nSPS) is 17.1. The number of hydrogen-bond acceptors (Lipinski definition) is 2. The molecule has 0 saturated carbocycles. The molecule has 1 aromatic rings. The van der Waals surface area contributed by atoms with E-state index in [1.807, 2.05) is 0 Å². The van der Waals surface area contributed by atoms with E-state index >= 15 is 0 Å². The summed E-state index contributed by atoms with van der Waals surface area (Å²) in [6.45, 7) is 11.4. The highest BCUT2D eigenvalue weighted by molar-refractivity contribution is 6.32. The Kier molecular flexibility index (Phi) is 5.26. The maximum atomic E-state index is 6.58. The van der Waals surface area contributed by atoms with Gasteiger partial charge in [-0.25, -0.2) is 0 Å². The van der Waals surface area contributed by atoms with Gasteiger partial charge in [-0.2, -0.15) is 0 Å². The molecule has 3 heteroatoms. The molecule has 1 heterocycles. The highest BCUT2D eigenvalue weighted by Gasteiger charge is 2.14. The van der Waals surface area contributed by atoms with Crippen molar-refractivity contribution in [1.29, 1.82) is 0 Å². The first-order chi connectivity index (χ1) is 9.09. The zero-order chi connectivity index (χ0) is 13.8. The third kappa shape index (κ3) is 3.71. The smallest absolute Gasteiger partial charge is 0.0594 e. The number of ether oxygens (including phenoxy) is 1. The number of halogens is 1. The number of nitrogens with zero attached hydrogens (tertiary/aromatic N) is 1. The monoisotopic (exact) mass is 281 g/mol. The Morgan fingerprint density at radius 1 is 1.26 bits per heavy atom. The van der Waals surface area contributed by atoms with Crippen LogP contribution in [-0.2, 0) is 11.2 Å². The maximum absolute atomic E-state index is 6.58. The van der Waals surface area contributed by atoms with Gasteiger partial charge < -0.3 is 4.74 Å². The molecule has 1 aromatic carbocycles. The van der Waals surface area contributed by atoms with Crippen LogP contribution in [0.25, 0.3) is 0 Å². The Hall–Kier alpha value is -0.570. The zero-order valence-electron chi connectivity index (χ0n) is 12.2. The van der Waals surface area contributed by atoms with Crippen molar-refractivity contribution in [2.24, 2.45) is 0 Å². The predicted octanol–water partition coefficient (Wildman–Crippen LogP) is 3.65. The molecule has 0 aliphatic carbocycles. The quantitative estimate of drug-likeness (QED) is 0.835. The first kappa shape index (κ1) is 14.8. The lowest BCUT2D eigenvalue weighted by Gasteiger charge is -2.27. The molecule has 1 aliphatic rings. The lowest BCUT2D eigenvalue weighted by atomic mass is 9.96. The highest BCUT2D eigenvalue weighted by atomic mass is 35.5. The van der Waals surface area contributed by atoms with Gasteiger partial charge in [-0.15, -0.1) is 0 Å². The van der Waals surface area contributed by atoms with E-state index in [2.05, 4.69) is 37.8 Å². The standard InChI is InChI=1S/C16H24ClNO/c1-12(2)14-5-4-13(3)15(16(14)17)6-7-18-8-10-19-11-9-18/h4-5,12H,6-11H2,1-3H3. The Bertz CT molecular complexity index is 425. The molecule has 0 atom stereocenters. The minimum Gasteiger partial charge on any atom is -0.379 e. The van der Waals surface area contributed by atoms with Crippen molar-refractivity contribution in [3.63, 3.8) is 0 Å². The van der Waals surface area contributed by atoms with Crippen LogP contribution in [0.2, 0.25) is 5.02 Å². The minimum atomic E-state index is 0.482. The number of morpholine rings is 1. The largest absolute Gasteiger partial charge is 0.379 e. The fraction of sp³-hybridized carbons (Fsp3) is 0.625. The molecule has 0 aromatic heterocycles. The fourth-order valence-corrected chi connectivity index (χ4v) is 3.11. The summed E-state index contributed by atoms with van der Waals surface area (Å²) in [5.41, 5.74) is 3.89. The molecule has 0 unspecified atom stereocenters. The zero-order valence-corrected chi connectivity index (χ0v) is 13.0. The number of rotatable bonds is 4. The molecular formula is C16H24ClNO. The molecule has 0 N–H and O–H groups in total. The summed E-state index contributed by atoms with van der Waals surface area (Å²) in [4.78, 5) is 2.46. The van der Waals surface area contributed by atoms with Gasteiger partial charge in [0, 0.05) is 24.7 Å². The molecule has 2 nitrogen and oxygen atoms in total. The summed E-state index contributed by atoms with van der Waals surface area (Å²) in [5.74, 6) is 0.482. The molecule has 1 saturated heterocycles. The van der Waals surface area contributed by atoms with E-state index < -0.39 is 0 Å². The van der Waals surface area contributed by atoms with Crippen molar-refractivity contribution >= 4 is 11.6 Å². The lowest BCUT2D eigenvalue weighted by molar-refractivity contribution is 0.0384. The average Bonchev–Trinajstić information content (AvgIpc) is 2.39. The van der Waals surface area contributed by atoms with E-state index in [1.165, 1.54) is 16.7 Å². The predicted molar refractivity (Wildman–Crippen MR) is 81.2 cm³/mol. The van der Waals surface area contributed by atoms with Gasteiger partial charge in [-0.1, -0.05) is 37.6 Å². The number of benzene rings is 1. The van der Waals surface area contributed by atoms with Crippen LogP contribution in [0.15, 0.2) is 12.1 Å².